The molecule has 2 aromatic carbocycles. The van der Waals surface area contributed by atoms with Crippen LogP contribution in [0.3, 0.4) is 0 Å². The Morgan fingerprint density at radius 3 is 2.45 bits per heavy atom. The van der Waals surface area contributed by atoms with E-state index in [1.165, 1.54) is 12.1 Å². The van der Waals surface area contributed by atoms with Crippen LogP contribution in [-0.2, 0) is 10.0 Å². The lowest BCUT2D eigenvalue weighted by atomic mass is 10.1. The van der Waals surface area contributed by atoms with Crippen molar-refractivity contribution in [1.82, 2.24) is 9.97 Å². The number of hydrogen-bond donors (Lipinski definition) is 1. The molecule has 0 aliphatic heterocycles. The minimum absolute atomic E-state index is 0.0601. The van der Waals surface area contributed by atoms with Crippen LogP contribution in [0.1, 0.15) is 0 Å². The Bertz CT molecular complexity index is 892. The van der Waals surface area contributed by atoms with Crippen molar-refractivity contribution in [1.29, 1.82) is 0 Å². The summed E-state index contributed by atoms with van der Waals surface area (Å²) in [6.45, 7) is 0. The van der Waals surface area contributed by atoms with Gasteiger partial charge >= 0.3 is 0 Å². The second kappa shape index (κ2) is 4.66. The van der Waals surface area contributed by atoms with Crippen molar-refractivity contribution in [3.05, 3.63) is 54.7 Å². The molecule has 100 valence electrons. The van der Waals surface area contributed by atoms with Gasteiger partial charge < -0.3 is 0 Å². The summed E-state index contributed by atoms with van der Waals surface area (Å²) in [6.07, 6.45) is 1.62. The average molecular weight is 285 g/mol. The number of hydrogen-bond acceptors (Lipinski definition) is 4. The Kier molecular flexibility index (Phi) is 2.96. The molecule has 0 radical (unpaired) electrons. The van der Waals surface area contributed by atoms with Crippen LogP contribution in [0.25, 0.3) is 22.3 Å². The zero-order valence-corrected chi connectivity index (χ0v) is 11.2. The monoisotopic (exact) mass is 285 g/mol. The summed E-state index contributed by atoms with van der Waals surface area (Å²) in [5.74, 6) is 0. The number of aromatic nitrogens is 2. The highest BCUT2D eigenvalue weighted by Gasteiger charge is 2.10. The van der Waals surface area contributed by atoms with Gasteiger partial charge in [-0.1, -0.05) is 24.3 Å². The van der Waals surface area contributed by atoms with Gasteiger partial charge in [-0.3, -0.25) is 4.98 Å². The summed E-state index contributed by atoms with van der Waals surface area (Å²) in [5, 5.41) is 5.13. The normalized spacial score (nSPS) is 11.7. The molecule has 0 aliphatic carbocycles. The molecule has 0 unspecified atom stereocenters. The molecule has 2 N–H and O–H groups in total. The molecule has 6 heteroatoms. The first kappa shape index (κ1) is 12.7. The third-order valence-electron chi connectivity index (χ3n) is 2.91. The molecule has 3 aromatic rings. The van der Waals surface area contributed by atoms with Crippen LogP contribution < -0.4 is 5.14 Å². The first-order chi connectivity index (χ1) is 9.54. The molecule has 0 aliphatic rings. The van der Waals surface area contributed by atoms with E-state index in [0.29, 0.717) is 11.3 Å². The minimum atomic E-state index is -3.72. The number of nitrogens with zero attached hydrogens (tertiary/aromatic N) is 2. The van der Waals surface area contributed by atoms with E-state index in [1.54, 1.807) is 18.3 Å². The van der Waals surface area contributed by atoms with E-state index in [4.69, 9.17) is 5.14 Å². The Labute approximate surface area is 116 Å². The predicted molar refractivity (Wildman–Crippen MR) is 76.3 cm³/mol. The smallest absolute Gasteiger partial charge is 0.238 e. The van der Waals surface area contributed by atoms with E-state index in [1.807, 2.05) is 24.3 Å². The molecule has 0 bridgehead atoms. The summed E-state index contributed by atoms with van der Waals surface area (Å²) in [4.78, 5) is 8.84. The van der Waals surface area contributed by atoms with E-state index >= 15 is 0 Å². The SMILES string of the molecule is NS(=O)(=O)c1cccc(-c2cnc3ccccc3n2)c1. The second-order valence-corrected chi connectivity index (χ2v) is 5.88. The van der Waals surface area contributed by atoms with Crippen molar-refractivity contribution in [2.45, 2.75) is 4.90 Å². The molecule has 0 amide bonds. The zero-order valence-electron chi connectivity index (χ0n) is 10.4. The van der Waals surface area contributed by atoms with Gasteiger partial charge in [0, 0.05) is 5.56 Å². The van der Waals surface area contributed by atoms with Crippen LogP contribution in [0.4, 0.5) is 0 Å². The fraction of sp³-hybridized carbons (Fsp3) is 0. The predicted octanol–water partition coefficient (Wildman–Crippen LogP) is 1.94. The van der Waals surface area contributed by atoms with E-state index < -0.39 is 10.0 Å². The number of primary sulfonamides is 1. The zero-order chi connectivity index (χ0) is 14.2. The van der Waals surface area contributed by atoms with Gasteiger partial charge in [-0.15, -0.1) is 0 Å². The van der Waals surface area contributed by atoms with Gasteiger partial charge in [-0.2, -0.15) is 0 Å². The molecule has 0 atom stereocenters. The largest absolute Gasteiger partial charge is 0.252 e. The maximum absolute atomic E-state index is 11.4. The van der Waals surface area contributed by atoms with Crippen LogP contribution in [-0.4, -0.2) is 18.4 Å². The van der Waals surface area contributed by atoms with Crippen molar-refractivity contribution >= 4 is 21.1 Å². The van der Waals surface area contributed by atoms with E-state index in [2.05, 4.69) is 9.97 Å². The summed E-state index contributed by atoms with van der Waals surface area (Å²) in [5.41, 5.74) is 2.81. The number of fused-ring (bicyclic) bond motifs is 1. The minimum Gasteiger partial charge on any atom is -0.252 e. The van der Waals surface area contributed by atoms with Crippen molar-refractivity contribution in [2.24, 2.45) is 5.14 Å². The molecule has 5 nitrogen and oxygen atoms in total. The summed E-state index contributed by atoms with van der Waals surface area (Å²) >= 11 is 0. The van der Waals surface area contributed by atoms with Crippen molar-refractivity contribution in [3.63, 3.8) is 0 Å². The number of benzene rings is 2. The highest BCUT2D eigenvalue weighted by atomic mass is 32.2. The summed E-state index contributed by atoms with van der Waals surface area (Å²) in [6, 6.07) is 13.8. The topological polar surface area (TPSA) is 85.9 Å². The maximum atomic E-state index is 11.4. The number of nitrogens with two attached hydrogens (primary N) is 1. The fourth-order valence-corrected chi connectivity index (χ4v) is 2.49. The van der Waals surface area contributed by atoms with Gasteiger partial charge in [-0.05, 0) is 24.3 Å². The number of sulfonamides is 1. The van der Waals surface area contributed by atoms with Gasteiger partial charge in [0.25, 0.3) is 0 Å². The third-order valence-corrected chi connectivity index (χ3v) is 3.82. The number of rotatable bonds is 2. The van der Waals surface area contributed by atoms with Gasteiger partial charge in [-0.25, -0.2) is 18.5 Å². The van der Waals surface area contributed by atoms with E-state index in [9.17, 15) is 8.42 Å². The van der Waals surface area contributed by atoms with Crippen LogP contribution in [0, 0.1) is 0 Å². The maximum Gasteiger partial charge on any atom is 0.238 e. The van der Waals surface area contributed by atoms with Gasteiger partial charge in [0.15, 0.2) is 0 Å². The molecular formula is C14H11N3O2S. The highest BCUT2D eigenvalue weighted by molar-refractivity contribution is 7.89. The molecule has 20 heavy (non-hydrogen) atoms. The molecule has 0 spiro atoms. The lowest BCUT2D eigenvalue weighted by molar-refractivity contribution is 0.598. The molecular weight excluding hydrogens is 274 g/mol. The van der Waals surface area contributed by atoms with Crippen LogP contribution in [0.5, 0.6) is 0 Å². The van der Waals surface area contributed by atoms with Crippen molar-refractivity contribution in [3.8, 4) is 11.3 Å². The first-order valence-electron chi connectivity index (χ1n) is 5.89. The van der Waals surface area contributed by atoms with Crippen molar-refractivity contribution < 1.29 is 8.42 Å². The second-order valence-electron chi connectivity index (χ2n) is 4.32. The Hall–Kier alpha value is -2.31. The molecule has 0 saturated heterocycles. The van der Waals surface area contributed by atoms with E-state index in [-0.39, 0.29) is 4.90 Å². The quantitative estimate of drug-likeness (QED) is 0.779. The molecule has 1 aromatic heterocycles. The average Bonchev–Trinajstić information content (AvgIpc) is 2.46. The van der Waals surface area contributed by atoms with Gasteiger partial charge in [0.2, 0.25) is 10.0 Å². The lowest BCUT2D eigenvalue weighted by Crippen LogP contribution is -2.11. The number of para-hydroxylation sites is 2. The van der Waals surface area contributed by atoms with Gasteiger partial charge in [0.1, 0.15) is 0 Å². The van der Waals surface area contributed by atoms with Crippen LogP contribution >= 0.6 is 0 Å². The Morgan fingerprint density at radius 2 is 1.70 bits per heavy atom. The fourth-order valence-electron chi connectivity index (χ4n) is 1.93. The lowest BCUT2D eigenvalue weighted by Gasteiger charge is -2.04. The molecule has 0 saturated carbocycles. The standard InChI is InChI=1S/C14H11N3O2S/c15-20(18,19)11-5-3-4-10(8-11)14-9-16-12-6-1-2-7-13(12)17-14/h1-9H,(H2,15,18,19). The summed E-state index contributed by atoms with van der Waals surface area (Å²) in [7, 11) is -3.72. The first-order valence-corrected chi connectivity index (χ1v) is 7.44. The van der Waals surface area contributed by atoms with Crippen LogP contribution in [0.15, 0.2) is 59.6 Å². The molecule has 0 fully saturated rings. The Balaban J connectivity index is 2.16. The van der Waals surface area contributed by atoms with Crippen molar-refractivity contribution in [2.75, 3.05) is 0 Å². The summed E-state index contributed by atoms with van der Waals surface area (Å²) < 4.78 is 22.7. The van der Waals surface area contributed by atoms with E-state index in [0.717, 1.165) is 11.0 Å². The van der Waals surface area contributed by atoms with Crippen LogP contribution in [0.2, 0.25) is 0 Å². The Morgan fingerprint density at radius 1 is 0.950 bits per heavy atom. The third kappa shape index (κ3) is 2.38. The molecule has 1 heterocycles. The highest BCUT2D eigenvalue weighted by Crippen LogP contribution is 2.21. The molecule has 3 rings (SSSR count). The van der Waals surface area contributed by atoms with Gasteiger partial charge in [0.05, 0.1) is 27.8 Å².